The van der Waals surface area contributed by atoms with Gasteiger partial charge in [-0.2, -0.15) is 8.42 Å². The molecule has 0 unspecified atom stereocenters. The van der Waals surface area contributed by atoms with Gasteiger partial charge < -0.3 is 4.74 Å². The highest BCUT2D eigenvalue weighted by atomic mass is 32.2. The van der Waals surface area contributed by atoms with E-state index in [-0.39, 0.29) is 23.7 Å². The molecule has 0 saturated carbocycles. The summed E-state index contributed by atoms with van der Waals surface area (Å²) in [4.78, 5) is 0.190. The van der Waals surface area contributed by atoms with E-state index in [4.69, 9.17) is 8.92 Å². The van der Waals surface area contributed by atoms with E-state index in [0.29, 0.717) is 0 Å². The van der Waals surface area contributed by atoms with Crippen molar-refractivity contribution in [1.29, 1.82) is 0 Å². The van der Waals surface area contributed by atoms with Gasteiger partial charge in [0.1, 0.15) is 6.10 Å². The third kappa shape index (κ3) is 4.95. The van der Waals surface area contributed by atoms with Gasteiger partial charge in [0.25, 0.3) is 10.1 Å². The Morgan fingerprint density at radius 1 is 1.24 bits per heavy atom. The first-order valence-corrected chi connectivity index (χ1v) is 8.54. The van der Waals surface area contributed by atoms with Crippen molar-refractivity contribution in [2.24, 2.45) is 0 Å². The maximum atomic E-state index is 12.0. The van der Waals surface area contributed by atoms with Crippen molar-refractivity contribution in [3.8, 4) is 0 Å². The predicted molar refractivity (Wildman–Crippen MR) is 81.6 cm³/mol. The molecular weight excluding hydrogens is 288 g/mol. The Balaban J connectivity index is 1.79. The Labute approximate surface area is 126 Å². The highest BCUT2D eigenvalue weighted by Crippen LogP contribution is 2.28. The smallest absolute Gasteiger partial charge is 0.297 e. The van der Waals surface area contributed by atoms with Gasteiger partial charge in [-0.3, -0.25) is 4.18 Å². The van der Waals surface area contributed by atoms with Crippen LogP contribution in [0.4, 0.5) is 0 Å². The lowest BCUT2D eigenvalue weighted by atomic mass is 10.1. The van der Waals surface area contributed by atoms with Gasteiger partial charge in [0.05, 0.1) is 17.6 Å². The van der Waals surface area contributed by atoms with Crippen LogP contribution in [0.1, 0.15) is 32.3 Å². The van der Waals surface area contributed by atoms with Gasteiger partial charge in [-0.15, -0.1) is 0 Å². The molecule has 1 saturated heterocycles. The molecule has 5 heteroatoms. The molecule has 1 aromatic carbocycles. The molecule has 116 valence electrons. The van der Waals surface area contributed by atoms with Gasteiger partial charge in [0.15, 0.2) is 0 Å². The molecule has 4 nitrogen and oxygen atoms in total. The van der Waals surface area contributed by atoms with E-state index >= 15 is 0 Å². The van der Waals surface area contributed by atoms with Crippen LogP contribution >= 0.6 is 0 Å². The van der Waals surface area contributed by atoms with E-state index < -0.39 is 10.1 Å². The molecule has 1 heterocycles. The summed E-state index contributed by atoms with van der Waals surface area (Å²) in [5.41, 5.74) is 2.30. The number of rotatable bonds is 7. The monoisotopic (exact) mass is 310 g/mol. The molecule has 0 radical (unpaired) electrons. The molecule has 1 fully saturated rings. The molecule has 0 aromatic heterocycles. The quantitative estimate of drug-likeness (QED) is 0.441. The van der Waals surface area contributed by atoms with Crippen LogP contribution in [0.15, 0.2) is 40.8 Å². The standard InChI is InChI=1S/C16H22O4S/c1-12(2)5-4-6-15-16(20-15)11-19-21(17,18)14-9-7-13(3)8-10-14/h5,7-10,15-16H,4,6,11H2,1-3H3/t15-,16-/m1/s1. The van der Waals surface area contributed by atoms with Crippen LogP contribution in [0, 0.1) is 6.92 Å². The fraction of sp³-hybridized carbons (Fsp3) is 0.500. The number of ether oxygens (including phenoxy) is 1. The van der Waals surface area contributed by atoms with Gasteiger partial charge >= 0.3 is 0 Å². The first-order valence-electron chi connectivity index (χ1n) is 7.13. The van der Waals surface area contributed by atoms with E-state index in [1.807, 2.05) is 6.92 Å². The summed E-state index contributed by atoms with van der Waals surface area (Å²) < 4.78 is 34.5. The molecule has 0 amide bonds. The predicted octanol–water partition coefficient (Wildman–Crippen LogP) is 3.21. The molecule has 0 N–H and O–H groups in total. The van der Waals surface area contributed by atoms with Crippen molar-refractivity contribution in [3.05, 3.63) is 41.5 Å². The number of hydrogen-bond donors (Lipinski definition) is 0. The number of epoxide rings is 1. The van der Waals surface area contributed by atoms with E-state index in [0.717, 1.165) is 18.4 Å². The van der Waals surface area contributed by atoms with E-state index in [1.54, 1.807) is 24.3 Å². The highest BCUT2D eigenvalue weighted by molar-refractivity contribution is 7.86. The van der Waals surface area contributed by atoms with Crippen LogP contribution in [-0.2, 0) is 19.0 Å². The highest BCUT2D eigenvalue weighted by Gasteiger charge is 2.39. The van der Waals surface area contributed by atoms with Crippen LogP contribution in [0.3, 0.4) is 0 Å². The minimum Gasteiger partial charge on any atom is -0.367 e. The summed E-state index contributed by atoms with van der Waals surface area (Å²) in [7, 11) is -3.68. The first-order chi connectivity index (χ1) is 9.88. The molecule has 1 aromatic rings. The number of benzene rings is 1. The molecule has 2 rings (SSSR count). The van der Waals surface area contributed by atoms with Crippen molar-refractivity contribution < 1.29 is 17.3 Å². The number of aryl methyl sites for hydroxylation is 1. The second kappa shape index (κ2) is 6.73. The lowest BCUT2D eigenvalue weighted by molar-refractivity contribution is 0.263. The van der Waals surface area contributed by atoms with Gasteiger partial charge in [-0.05, 0) is 45.7 Å². The van der Waals surface area contributed by atoms with Crippen LogP contribution < -0.4 is 0 Å². The summed E-state index contributed by atoms with van der Waals surface area (Å²) >= 11 is 0. The fourth-order valence-electron chi connectivity index (χ4n) is 2.05. The van der Waals surface area contributed by atoms with Crippen molar-refractivity contribution in [2.75, 3.05) is 6.61 Å². The zero-order chi connectivity index (χ0) is 15.5. The van der Waals surface area contributed by atoms with Gasteiger partial charge in [-0.25, -0.2) is 0 Å². The lowest BCUT2D eigenvalue weighted by Gasteiger charge is -2.04. The molecular formula is C16H22O4S. The summed E-state index contributed by atoms with van der Waals surface area (Å²) in [6.45, 7) is 6.12. The van der Waals surface area contributed by atoms with Gasteiger partial charge in [0, 0.05) is 0 Å². The molecule has 1 aliphatic rings. The normalized spacial score (nSPS) is 21.1. The second-order valence-corrected chi connectivity index (χ2v) is 7.24. The van der Waals surface area contributed by atoms with Gasteiger partial charge in [-0.1, -0.05) is 29.3 Å². The third-order valence-corrected chi connectivity index (χ3v) is 4.68. The van der Waals surface area contributed by atoms with Crippen molar-refractivity contribution in [2.45, 2.75) is 50.7 Å². The second-order valence-electron chi connectivity index (χ2n) is 5.62. The van der Waals surface area contributed by atoms with Gasteiger partial charge in [0.2, 0.25) is 0 Å². The van der Waals surface area contributed by atoms with Crippen molar-refractivity contribution >= 4 is 10.1 Å². The average Bonchev–Trinajstić information content (AvgIpc) is 3.15. The Morgan fingerprint density at radius 2 is 1.90 bits per heavy atom. The zero-order valence-electron chi connectivity index (χ0n) is 12.7. The topological polar surface area (TPSA) is 55.9 Å². The Bertz CT molecular complexity index is 598. The number of allylic oxidation sites excluding steroid dienone is 2. The van der Waals surface area contributed by atoms with Crippen LogP contribution in [0.25, 0.3) is 0 Å². The Kier molecular flexibility index (Phi) is 5.19. The van der Waals surface area contributed by atoms with E-state index in [9.17, 15) is 8.42 Å². The van der Waals surface area contributed by atoms with E-state index in [1.165, 1.54) is 5.57 Å². The molecule has 2 atom stereocenters. The summed E-state index contributed by atoms with van der Waals surface area (Å²) in [5, 5.41) is 0. The van der Waals surface area contributed by atoms with Crippen molar-refractivity contribution in [3.63, 3.8) is 0 Å². The molecule has 0 aliphatic carbocycles. The largest absolute Gasteiger partial charge is 0.367 e. The summed E-state index contributed by atoms with van der Waals surface area (Å²) in [5.74, 6) is 0. The lowest BCUT2D eigenvalue weighted by Crippen LogP contribution is -2.12. The van der Waals surface area contributed by atoms with Crippen molar-refractivity contribution in [1.82, 2.24) is 0 Å². The maximum Gasteiger partial charge on any atom is 0.297 e. The SMILES string of the molecule is CC(C)=CCC[C@H]1O[C@@H]1COS(=O)(=O)c1ccc(C)cc1. The molecule has 0 bridgehead atoms. The fourth-order valence-corrected chi connectivity index (χ4v) is 2.96. The molecule has 1 aliphatic heterocycles. The third-order valence-electron chi connectivity index (χ3n) is 3.39. The Hall–Kier alpha value is -1.17. The molecule has 0 spiro atoms. The maximum absolute atomic E-state index is 12.0. The van der Waals surface area contributed by atoms with Crippen LogP contribution in [-0.4, -0.2) is 27.2 Å². The minimum atomic E-state index is -3.68. The van der Waals surface area contributed by atoms with E-state index in [2.05, 4.69) is 19.9 Å². The van der Waals surface area contributed by atoms with Crippen LogP contribution in [0.2, 0.25) is 0 Å². The first kappa shape index (κ1) is 16.2. The summed E-state index contributed by atoms with van der Waals surface area (Å²) in [6, 6.07) is 6.63. The molecule has 21 heavy (non-hydrogen) atoms. The number of hydrogen-bond acceptors (Lipinski definition) is 4. The summed E-state index contributed by atoms with van der Waals surface area (Å²) in [6.07, 6.45) is 4.03. The Morgan fingerprint density at radius 3 is 2.52 bits per heavy atom. The minimum absolute atomic E-state index is 0.0930. The van der Waals surface area contributed by atoms with Crippen LogP contribution in [0.5, 0.6) is 0 Å². The zero-order valence-corrected chi connectivity index (χ0v) is 13.5. The average molecular weight is 310 g/mol.